The summed E-state index contributed by atoms with van der Waals surface area (Å²) in [5.74, 6) is -0.303. The van der Waals surface area contributed by atoms with Gasteiger partial charge in [-0.1, -0.05) is 39.0 Å². The van der Waals surface area contributed by atoms with Crippen molar-refractivity contribution in [3.8, 4) is 5.75 Å². The van der Waals surface area contributed by atoms with Gasteiger partial charge in [0.25, 0.3) is 0 Å². The Morgan fingerprint density at radius 1 is 1.14 bits per heavy atom. The lowest BCUT2D eigenvalue weighted by Gasteiger charge is -2.28. The van der Waals surface area contributed by atoms with Gasteiger partial charge in [-0.3, -0.25) is 0 Å². The van der Waals surface area contributed by atoms with Crippen molar-refractivity contribution in [3.63, 3.8) is 0 Å². The first-order chi connectivity index (χ1) is 13.9. The van der Waals surface area contributed by atoms with E-state index in [0.717, 1.165) is 5.56 Å². The first kappa shape index (κ1) is 22.3. The van der Waals surface area contributed by atoms with Gasteiger partial charge < -0.3 is 24.8 Å². The number of esters is 2. The van der Waals surface area contributed by atoms with E-state index in [1.165, 1.54) is 0 Å². The van der Waals surface area contributed by atoms with Crippen LogP contribution in [0.2, 0.25) is 0 Å². The lowest BCUT2D eigenvalue weighted by molar-refractivity contribution is -0.145. The highest BCUT2D eigenvalue weighted by atomic mass is 16.6. The summed E-state index contributed by atoms with van der Waals surface area (Å²) in [6.45, 7) is 7.26. The van der Waals surface area contributed by atoms with Crippen LogP contribution in [-0.2, 0) is 19.1 Å². The Labute approximate surface area is 170 Å². The summed E-state index contributed by atoms with van der Waals surface area (Å²) < 4.78 is 15.9. The summed E-state index contributed by atoms with van der Waals surface area (Å²) in [6.07, 6.45) is 0.494. The van der Waals surface area contributed by atoms with Gasteiger partial charge in [-0.05, 0) is 30.9 Å². The SMILES string of the molecule is CCOC(=O)C1=C(COC(=O)COc2ccccc2C(C)C)NC(=O)N[C@H]1CC. The fourth-order valence-corrected chi connectivity index (χ4v) is 3.00. The second-order valence-corrected chi connectivity index (χ2v) is 6.81. The molecule has 2 amide bonds. The number of ether oxygens (including phenoxy) is 3. The number of carbonyl (C=O) groups is 3. The number of urea groups is 1. The normalized spacial score (nSPS) is 16.2. The predicted molar refractivity (Wildman–Crippen MR) is 106 cm³/mol. The second-order valence-electron chi connectivity index (χ2n) is 6.81. The van der Waals surface area contributed by atoms with Gasteiger partial charge in [0.05, 0.1) is 23.9 Å². The van der Waals surface area contributed by atoms with Crippen LogP contribution in [0.1, 0.15) is 45.6 Å². The van der Waals surface area contributed by atoms with E-state index in [2.05, 4.69) is 10.6 Å². The molecule has 2 N–H and O–H groups in total. The van der Waals surface area contributed by atoms with E-state index in [4.69, 9.17) is 14.2 Å². The lowest BCUT2D eigenvalue weighted by atomic mass is 10.0. The Hall–Kier alpha value is -3.03. The van der Waals surface area contributed by atoms with E-state index in [9.17, 15) is 14.4 Å². The average molecular weight is 404 g/mol. The van der Waals surface area contributed by atoms with Crippen LogP contribution in [0.3, 0.4) is 0 Å². The molecule has 1 aromatic carbocycles. The second kappa shape index (κ2) is 10.5. The van der Waals surface area contributed by atoms with Crippen molar-refractivity contribution in [2.75, 3.05) is 19.8 Å². The Morgan fingerprint density at radius 3 is 2.52 bits per heavy atom. The van der Waals surface area contributed by atoms with Crippen LogP contribution in [0.5, 0.6) is 5.75 Å². The number of amides is 2. The molecule has 0 unspecified atom stereocenters. The van der Waals surface area contributed by atoms with Crippen LogP contribution in [0.15, 0.2) is 35.5 Å². The number of benzene rings is 1. The van der Waals surface area contributed by atoms with Crippen molar-refractivity contribution in [3.05, 3.63) is 41.1 Å². The molecule has 1 aliphatic heterocycles. The molecule has 2 rings (SSSR count). The molecule has 0 radical (unpaired) electrons. The molecular weight excluding hydrogens is 376 g/mol. The van der Waals surface area contributed by atoms with E-state index in [1.807, 2.05) is 39.0 Å². The predicted octanol–water partition coefficient (Wildman–Crippen LogP) is 2.64. The molecule has 1 aromatic rings. The Balaban J connectivity index is 2.04. The van der Waals surface area contributed by atoms with Crippen molar-refractivity contribution in [1.29, 1.82) is 0 Å². The van der Waals surface area contributed by atoms with Gasteiger partial charge >= 0.3 is 18.0 Å². The third-order valence-electron chi connectivity index (χ3n) is 4.41. The molecule has 1 aliphatic rings. The largest absolute Gasteiger partial charge is 0.482 e. The number of carbonyl (C=O) groups excluding carboxylic acids is 3. The first-order valence-corrected chi connectivity index (χ1v) is 9.72. The highest BCUT2D eigenvalue weighted by molar-refractivity contribution is 5.94. The molecule has 1 heterocycles. The van der Waals surface area contributed by atoms with E-state index in [1.54, 1.807) is 13.0 Å². The Kier molecular flexibility index (Phi) is 8.06. The van der Waals surface area contributed by atoms with Crippen molar-refractivity contribution < 1.29 is 28.6 Å². The summed E-state index contributed by atoms with van der Waals surface area (Å²) in [6, 6.07) is 6.51. The monoisotopic (exact) mass is 404 g/mol. The lowest BCUT2D eigenvalue weighted by Crippen LogP contribution is -2.51. The van der Waals surface area contributed by atoms with Crippen LogP contribution in [-0.4, -0.2) is 43.8 Å². The van der Waals surface area contributed by atoms with Crippen molar-refractivity contribution in [1.82, 2.24) is 10.6 Å². The fraction of sp³-hybridized carbons (Fsp3) is 0.476. The third kappa shape index (κ3) is 5.97. The number of para-hydroxylation sites is 1. The fourth-order valence-electron chi connectivity index (χ4n) is 3.00. The molecule has 29 heavy (non-hydrogen) atoms. The molecule has 0 aromatic heterocycles. The van der Waals surface area contributed by atoms with Crippen LogP contribution in [0.25, 0.3) is 0 Å². The summed E-state index contributed by atoms with van der Waals surface area (Å²) in [7, 11) is 0. The Morgan fingerprint density at radius 2 is 1.86 bits per heavy atom. The Bertz CT molecular complexity index is 787. The van der Waals surface area contributed by atoms with E-state index in [0.29, 0.717) is 12.2 Å². The minimum atomic E-state index is -0.611. The molecule has 8 nitrogen and oxygen atoms in total. The van der Waals surface area contributed by atoms with Crippen molar-refractivity contribution in [2.24, 2.45) is 0 Å². The van der Waals surface area contributed by atoms with Gasteiger partial charge in [0, 0.05) is 0 Å². The zero-order chi connectivity index (χ0) is 21.4. The molecule has 0 spiro atoms. The molecule has 0 aliphatic carbocycles. The minimum Gasteiger partial charge on any atom is -0.482 e. The summed E-state index contributed by atoms with van der Waals surface area (Å²) >= 11 is 0. The number of hydrogen-bond donors (Lipinski definition) is 2. The van der Waals surface area contributed by atoms with Crippen LogP contribution in [0, 0.1) is 0 Å². The minimum absolute atomic E-state index is 0.197. The molecule has 0 bridgehead atoms. The van der Waals surface area contributed by atoms with Crippen molar-refractivity contribution in [2.45, 2.75) is 46.1 Å². The maximum Gasteiger partial charge on any atom is 0.344 e. The van der Waals surface area contributed by atoms with Gasteiger partial charge in [0.2, 0.25) is 0 Å². The van der Waals surface area contributed by atoms with Gasteiger partial charge in [0.15, 0.2) is 6.61 Å². The smallest absolute Gasteiger partial charge is 0.344 e. The maximum absolute atomic E-state index is 12.3. The summed E-state index contributed by atoms with van der Waals surface area (Å²) in [5.41, 5.74) is 1.46. The molecule has 158 valence electrons. The highest BCUT2D eigenvalue weighted by Gasteiger charge is 2.32. The first-order valence-electron chi connectivity index (χ1n) is 9.72. The van der Waals surface area contributed by atoms with Crippen LogP contribution < -0.4 is 15.4 Å². The van der Waals surface area contributed by atoms with E-state index in [-0.39, 0.29) is 37.0 Å². The van der Waals surface area contributed by atoms with Gasteiger partial charge in [0.1, 0.15) is 12.4 Å². The summed E-state index contributed by atoms with van der Waals surface area (Å²) in [5, 5.41) is 5.20. The zero-order valence-electron chi connectivity index (χ0n) is 17.2. The standard InChI is InChI=1S/C21H28N2O6/c1-5-15-19(20(25)27-6-2)16(23-21(26)22-15)11-29-18(24)12-28-17-10-8-7-9-14(17)13(3)4/h7-10,13,15H,5-6,11-12H2,1-4H3,(H2,22,23,26)/t15-/m0/s1. The third-order valence-corrected chi connectivity index (χ3v) is 4.41. The maximum atomic E-state index is 12.3. The molecule has 0 fully saturated rings. The number of rotatable bonds is 9. The topological polar surface area (TPSA) is 103 Å². The molecule has 0 saturated heterocycles. The highest BCUT2D eigenvalue weighted by Crippen LogP contribution is 2.25. The van der Waals surface area contributed by atoms with Gasteiger partial charge in [-0.15, -0.1) is 0 Å². The van der Waals surface area contributed by atoms with Gasteiger partial charge in [-0.2, -0.15) is 0 Å². The number of hydrogen-bond acceptors (Lipinski definition) is 6. The van der Waals surface area contributed by atoms with E-state index >= 15 is 0 Å². The zero-order valence-corrected chi connectivity index (χ0v) is 17.2. The summed E-state index contributed by atoms with van der Waals surface area (Å²) in [4.78, 5) is 36.3. The van der Waals surface area contributed by atoms with Crippen molar-refractivity contribution >= 4 is 18.0 Å². The molecule has 8 heteroatoms. The van der Waals surface area contributed by atoms with Crippen LogP contribution >= 0.6 is 0 Å². The molecule has 0 saturated carbocycles. The molecule has 1 atom stereocenters. The number of nitrogens with one attached hydrogen (secondary N) is 2. The molecular formula is C21H28N2O6. The quantitative estimate of drug-likeness (QED) is 0.614. The average Bonchev–Trinajstić information content (AvgIpc) is 2.70. The van der Waals surface area contributed by atoms with Gasteiger partial charge in [-0.25, -0.2) is 14.4 Å². The van der Waals surface area contributed by atoms with E-state index < -0.39 is 24.0 Å². The van der Waals surface area contributed by atoms with Crippen LogP contribution in [0.4, 0.5) is 4.79 Å².